The van der Waals surface area contributed by atoms with Crippen molar-refractivity contribution in [2.75, 3.05) is 0 Å². The van der Waals surface area contributed by atoms with Crippen LogP contribution in [-0.4, -0.2) is 5.91 Å². The number of amides is 1. The third-order valence-corrected chi connectivity index (χ3v) is 1.50. The number of primary amides is 1. The second-order valence-electron chi connectivity index (χ2n) is 2.41. The van der Waals surface area contributed by atoms with Gasteiger partial charge in [-0.1, -0.05) is 18.2 Å². The van der Waals surface area contributed by atoms with Crippen molar-refractivity contribution in [1.82, 2.24) is 0 Å². The van der Waals surface area contributed by atoms with Gasteiger partial charge >= 0.3 is 0 Å². The van der Waals surface area contributed by atoms with Crippen molar-refractivity contribution < 1.29 is 4.79 Å². The first-order chi connectivity index (χ1) is 5.74. The molecule has 1 rings (SSSR count). The minimum absolute atomic E-state index is 0.129. The van der Waals surface area contributed by atoms with Crippen molar-refractivity contribution in [3.05, 3.63) is 35.4 Å². The summed E-state index contributed by atoms with van der Waals surface area (Å²) >= 11 is 0. The topological polar surface area (TPSA) is 66.9 Å². The number of hydrogen-bond acceptors (Lipinski definition) is 2. The first-order valence-corrected chi connectivity index (χ1v) is 3.50. The number of nitrogens with two attached hydrogens (primary N) is 1. The van der Waals surface area contributed by atoms with Crippen LogP contribution < -0.4 is 5.73 Å². The van der Waals surface area contributed by atoms with Gasteiger partial charge in [-0.25, -0.2) is 0 Å². The van der Waals surface area contributed by atoms with Gasteiger partial charge in [0.15, 0.2) is 0 Å². The molecule has 0 spiro atoms. The van der Waals surface area contributed by atoms with Crippen LogP contribution in [-0.2, 0) is 11.2 Å². The Labute approximate surface area is 70.4 Å². The molecule has 1 aromatic rings. The first kappa shape index (κ1) is 8.28. The van der Waals surface area contributed by atoms with Gasteiger partial charge in [0.25, 0.3) is 0 Å². The highest BCUT2D eigenvalue weighted by atomic mass is 16.1. The minimum Gasteiger partial charge on any atom is -0.369 e. The van der Waals surface area contributed by atoms with Gasteiger partial charge in [-0.2, -0.15) is 5.26 Å². The predicted octanol–water partition coefficient (Wildman–Crippen LogP) is 0.586. The van der Waals surface area contributed by atoms with E-state index in [0.717, 1.165) is 0 Å². The zero-order valence-electron chi connectivity index (χ0n) is 6.45. The maximum absolute atomic E-state index is 10.5. The molecule has 0 bridgehead atoms. The summed E-state index contributed by atoms with van der Waals surface area (Å²) in [6, 6.07) is 8.91. The Kier molecular flexibility index (Phi) is 2.44. The molecule has 0 atom stereocenters. The fraction of sp³-hybridized carbons (Fsp3) is 0.111. The highest BCUT2D eigenvalue weighted by Crippen LogP contribution is 2.06. The standard InChI is InChI=1S/C9H8N2O/c10-6-8-4-2-1-3-7(8)5-9(11)12/h1-4H,5H2,(H2,11,12). The van der Waals surface area contributed by atoms with E-state index in [2.05, 4.69) is 0 Å². The summed E-state index contributed by atoms with van der Waals surface area (Å²) in [5.74, 6) is -0.419. The molecule has 60 valence electrons. The lowest BCUT2D eigenvalue weighted by Crippen LogP contribution is -2.14. The molecular formula is C9H8N2O. The van der Waals surface area contributed by atoms with Crippen molar-refractivity contribution in [1.29, 1.82) is 5.26 Å². The summed E-state index contributed by atoms with van der Waals surface area (Å²) < 4.78 is 0. The molecular weight excluding hydrogens is 152 g/mol. The Morgan fingerprint density at radius 2 is 2.17 bits per heavy atom. The van der Waals surface area contributed by atoms with E-state index in [4.69, 9.17) is 11.0 Å². The minimum atomic E-state index is -0.419. The second kappa shape index (κ2) is 3.54. The Morgan fingerprint density at radius 1 is 1.50 bits per heavy atom. The number of carbonyl (C=O) groups is 1. The Hall–Kier alpha value is -1.82. The number of nitrogens with zero attached hydrogens (tertiary/aromatic N) is 1. The van der Waals surface area contributed by atoms with E-state index in [-0.39, 0.29) is 6.42 Å². The van der Waals surface area contributed by atoms with Gasteiger partial charge in [0.2, 0.25) is 5.91 Å². The fourth-order valence-corrected chi connectivity index (χ4v) is 0.971. The highest BCUT2D eigenvalue weighted by Gasteiger charge is 2.02. The van der Waals surface area contributed by atoms with Crippen LogP contribution in [0, 0.1) is 11.3 Å². The van der Waals surface area contributed by atoms with Crippen molar-refractivity contribution >= 4 is 5.91 Å². The molecule has 0 aliphatic heterocycles. The quantitative estimate of drug-likeness (QED) is 0.687. The van der Waals surface area contributed by atoms with Crippen LogP contribution in [0.1, 0.15) is 11.1 Å². The molecule has 1 amide bonds. The summed E-state index contributed by atoms with van der Waals surface area (Å²) in [6.07, 6.45) is 0.129. The number of hydrogen-bond donors (Lipinski definition) is 1. The van der Waals surface area contributed by atoms with E-state index in [1.54, 1.807) is 24.3 Å². The van der Waals surface area contributed by atoms with Gasteiger partial charge in [0.1, 0.15) is 0 Å². The van der Waals surface area contributed by atoms with Crippen molar-refractivity contribution in [3.8, 4) is 6.07 Å². The van der Waals surface area contributed by atoms with Crippen molar-refractivity contribution in [2.45, 2.75) is 6.42 Å². The van der Waals surface area contributed by atoms with Crippen LogP contribution >= 0.6 is 0 Å². The molecule has 3 nitrogen and oxygen atoms in total. The smallest absolute Gasteiger partial charge is 0.221 e. The zero-order valence-corrected chi connectivity index (χ0v) is 6.45. The summed E-state index contributed by atoms with van der Waals surface area (Å²) in [5.41, 5.74) is 6.20. The van der Waals surface area contributed by atoms with Gasteiger partial charge in [-0.15, -0.1) is 0 Å². The highest BCUT2D eigenvalue weighted by molar-refractivity contribution is 5.77. The fourth-order valence-electron chi connectivity index (χ4n) is 0.971. The summed E-state index contributed by atoms with van der Waals surface area (Å²) in [7, 11) is 0. The van der Waals surface area contributed by atoms with Crippen LogP contribution in [0.2, 0.25) is 0 Å². The van der Waals surface area contributed by atoms with Crippen LogP contribution in [0.25, 0.3) is 0 Å². The van der Waals surface area contributed by atoms with E-state index < -0.39 is 5.91 Å². The lowest BCUT2D eigenvalue weighted by Gasteiger charge is -1.98. The first-order valence-electron chi connectivity index (χ1n) is 3.50. The monoisotopic (exact) mass is 160 g/mol. The molecule has 0 radical (unpaired) electrons. The molecule has 0 saturated heterocycles. The molecule has 1 aromatic carbocycles. The molecule has 0 unspecified atom stereocenters. The van der Waals surface area contributed by atoms with Crippen LogP contribution in [0.4, 0.5) is 0 Å². The normalized spacial score (nSPS) is 8.92. The molecule has 0 heterocycles. The average Bonchev–Trinajstić information content (AvgIpc) is 2.04. The third kappa shape index (κ3) is 1.83. The Morgan fingerprint density at radius 3 is 2.75 bits per heavy atom. The largest absolute Gasteiger partial charge is 0.369 e. The molecule has 0 aliphatic carbocycles. The van der Waals surface area contributed by atoms with Crippen LogP contribution in [0.3, 0.4) is 0 Å². The molecule has 0 saturated carbocycles. The Balaban J connectivity index is 2.99. The van der Waals surface area contributed by atoms with E-state index in [1.165, 1.54) is 0 Å². The summed E-state index contributed by atoms with van der Waals surface area (Å²) in [4.78, 5) is 10.5. The van der Waals surface area contributed by atoms with Crippen LogP contribution in [0.5, 0.6) is 0 Å². The molecule has 3 heteroatoms. The number of rotatable bonds is 2. The van der Waals surface area contributed by atoms with Gasteiger partial charge in [-0.05, 0) is 11.6 Å². The lowest BCUT2D eigenvalue weighted by molar-refractivity contribution is -0.117. The predicted molar refractivity (Wildman–Crippen MR) is 44.1 cm³/mol. The number of nitriles is 1. The molecule has 0 aliphatic rings. The molecule has 12 heavy (non-hydrogen) atoms. The van der Waals surface area contributed by atoms with Gasteiger partial charge in [-0.3, -0.25) is 4.79 Å². The van der Waals surface area contributed by atoms with Crippen molar-refractivity contribution in [3.63, 3.8) is 0 Å². The number of benzene rings is 1. The molecule has 2 N–H and O–H groups in total. The maximum atomic E-state index is 10.5. The average molecular weight is 160 g/mol. The van der Waals surface area contributed by atoms with Crippen molar-refractivity contribution in [2.24, 2.45) is 5.73 Å². The van der Waals surface area contributed by atoms with Gasteiger partial charge in [0, 0.05) is 0 Å². The SMILES string of the molecule is N#Cc1ccccc1CC(N)=O. The van der Waals surface area contributed by atoms with E-state index in [0.29, 0.717) is 11.1 Å². The number of carbonyl (C=O) groups excluding carboxylic acids is 1. The Bertz CT molecular complexity index is 339. The molecule has 0 fully saturated rings. The summed E-state index contributed by atoms with van der Waals surface area (Å²) in [6.45, 7) is 0. The van der Waals surface area contributed by atoms with E-state index in [9.17, 15) is 4.79 Å². The lowest BCUT2D eigenvalue weighted by atomic mass is 10.1. The van der Waals surface area contributed by atoms with E-state index >= 15 is 0 Å². The van der Waals surface area contributed by atoms with Gasteiger partial charge < -0.3 is 5.73 Å². The maximum Gasteiger partial charge on any atom is 0.221 e. The second-order valence-corrected chi connectivity index (χ2v) is 2.41. The summed E-state index contributed by atoms with van der Waals surface area (Å²) in [5, 5.41) is 8.63. The van der Waals surface area contributed by atoms with Gasteiger partial charge in [0.05, 0.1) is 18.1 Å². The third-order valence-electron chi connectivity index (χ3n) is 1.50. The molecule has 0 aromatic heterocycles. The van der Waals surface area contributed by atoms with Crippen LogP contribution in [0.15, 0.2) is 24.3 Å². The van der Waals surface area contributed by atoms with E-state index in [1.807, 2.05) is 6.07 Å². The zero-order chi connectivity index (χ0) is 8.97.